The van der Waals surface area contributed by atoms with E-state index in [4.69, 9.17) is 4.74 Å². The number of aryl methyl sites for hydroxylation is 1. The van der Waals surface area contributed by atoms with Gasteiger partial charge in [-0.25, -0.2) is 0 Å². The number of benzene rings is 2. The van der Waals surface area contributed by atoms with Crippen LogP contribution in [0.4, 0.5) is 5.69 Å². The van der Waals surface area contributed by atoms with Gasteiger partial charge < -0.3 is 15.2 Å². The van der Waals surface area contributed by atoms with Gasteiger partial charge in [-0.05, 0) is 57.0 Å². The van der Waals surface area contributed by atoms with Gasteiger partial charge in [0, 0.05) is 17.8 Å². The Labute approximate surface area is 126 Å². The monoisotopic (exact) mass is 285 g/mol. The smallest absolute Gasteiger partial charge is 0.123 e. The predicted octanol–water partition coefficient (Wildman–Crippen LogP) is 4.41. The van der Waals surface area contributed by atoms with Crippen LogP contribution in [-0.2, 0) is 6.54 Å². The highest BCUT2D eigenvalue weighted by Crippen LogP contribution is 2.28. The summed E-state index contributed by atoms with van der Waals surface area (Å²) < 4.78 is 5.63. The average Bonchev–Trinajstić information content (AvgIpc) is 2.45. The van der Waals surface area contributed by atoms with Gasteiger partial charge in [0.2, 0.25) is 0 Å². The highest BCUT2D eigenvalue weighted by Gasteiger charge is 2.06. The first-order chi connectivity index (χ1) is 9.97. The van der Waals surface area contributed by atoms with Gasteiger partial charge in [-0.1, -0.05) is 18.2 Å². The maximum absolute atomic E-state index is 9.95. The van der Waals surface area contributed by atoms with Crippen molar-refractivity contribution in [3.05, 3.63) is 53.1 Å². The number of rotatable bonds is 5. The lowest BCUT2D eigenvalue weighted by Crippen LogP contribution is -2.06. The molecule has 2 aromatic rings. The van der Waals surface area contributed by atoms with Crippen LogP contribution in [0.3, 0.4) is 0 Å². The minimum absolute atomic E-state index is 0.187. The first-order valence-corrected chi connectivity index (χ1v) is 7.26. The van der Waals surface area contributed by atoms with E-state index in [-0.39, 0.29) is 6.10 Å². The van der Waals surface area contributed by atoms with Crippen molar-refractivity contribution in [3.63, 3.8) is 0 Å². The number of phenolic OH excluding ortho intramolecular Hbond substituents is 1. The number of nitrogens with one attached hydrogen (secondary N) is 1. The lowest BCUT2D eigenvalue weighted by Gasteiger charge is -2.13. The Morgan fingerprint density at radius 2 is 1.71 bits per heavy atom. The van der Waals surface area contributed by atoms with E-state index in [2.05, 4.69) is 5.32 Å². The summed E-state index contributed by atoms with van der Waals surface area (Å²) in [6, 6.07) is 12.0. The van der Waals surface area contributed by atoms with Crippen molar-refractivity contribution in [2.45, 2.75) is 40.3 Å². The van der Waals surface area contributed by atoms with E-state index < -0.39 is 0 Å². The fourth-order valence-electron chi connectivity index (χ4n) is 2.18. The molecule has 0 heterocycles. The zero-order valence-electron chi connectivity index (χ0n) is 13.1. The molecule has 2 aromatic carbocycles. The molecule has 0 saturated heterocycles. The van der Waals surface area contributed by atoms with Crippen LogP contribution in [0.15, 0.2) is 36.4 Å². The second-order valence-corrected chi connectivity index (χ2v) is 5.57. The molecule has 3 nitrogen and oxygen atoms in total. The lowest BCUT2D eigenvalue weighted by molar-refractivity contribution is 0.242. The van der Waals surface area contributed by atoms with Crippen LogP contribution in [0, 0.1) is 13.8 Å². The van der Waals surface area contributed by atoms with Crippen LogP contribution in [0.5, 0.6) is 11.5 Å². The normalized spacial score (nSPS) is 10.7. The van der Waals surface area contributed by atoms with Crippen LogP contribution >= 0.6 is 0 Å². The fraction of sp³-hybridized carbons (Fsp3) is 0.333. The molecule has 0 spiro atoms. The second kappa shape index (κ2) is 6.53. The standard InChI is InChI=1S/C18H23NO2/c1-12(2)21-16-8-6-15(7-9-16)11-19-17-10-5-13(3)18(20)14(17)4/h5-10,12,19-20H,11H2,1-4H3. The zero-order chi connectivity index (χ0) is 15.4. The van der Waals surface area contributed by atoms with E-state index in [9.17, 15) is 5.11 Å². The Kier molecular flexibility index (Phi) is 4.73. The van der Waals surface area contributed by atoms with Crippen molar-refractivity contribution in [3.8, 4) is 11.5 Å². The Morgan fingerprint density at radius 3 is 2.33 bits per heavy atom. The van der Waals surface area contributed by atoms with Gasteiger partial charge in [0.1, 0.15) is 11.5 Å². The maximum Gasteiger partial charge on any atom is 0.123 e. The molecule has 21 heavy (non-hydrogen) atoms. The average molecular weight is 285 g/mol. The van der Waals surface area contributed by atoms with Gasteiger partial charge in [0.05, 0.1) is 6.10 Å². The molecule has 0 aromatic heterocycles. The molecular formula is C18H23NO2. The molecule has 0 radical (unpaired) electrons. The number of ether oxygens (including phenoxy) is 1. The molecule has 0 saturated carbocycles. The summed E-state index contributed by atoms with van der Waals surface area (Å²) >= 11 is 0. The number of phenols is 1. The van der Waals surface area contributed by atoms with Gasteiger partial charge in [-0.2, -0.15) is 0 Å². The Hall–Kier alpha value is -2.16. The van der Waals surface area contributed by atoms with Crippen LogP contribution in [0.1, 0.15) is 30.5 Å². The molecule has 0 atom stereocenters. The highest BCUT2D eigenvalue weighted by atomic mass is 16.5. The van der Waals surface area contributed by atoms with E-state index in [0.717, 1.165) is 22.6 Å². The third-order valence-corrected chi connectivity index (χ3v) is 3.41. The van der Waals surface area contributed by atoms with E-state index in [1.165, 1.54) is 5.56 Å². The van der Waals surface area contributed by atoms with Gasteiger partial charge in [-0.15, -0.1) is 0 Å². The highest BCUT2D eigenvalue weighted by molar-refractivity contribution is 5.59. The molecule has 0 amide bonds. The number of anilines is 1. The van der Waals surface area contributed by atoms with Crippen molar-refractivity contribution >= 4 is 5.69 Å². The SMILES string of the molecule is Cc1ccc(NCc2ccc(OC(C)C)cc2)c(C)c1O. The molecule has 3 heteroatoms. The molecule has 0 aliphatic rings. The molecule has 112 valence electrons. The largest absolute Gasteiger partial charge is 0.507 e. The number of hydrogen-bond acceptors (Lipinski definition) is 3. The van der Waals surface area contributed by atoms with Crippen LogP contribution in [0.2, 0.25) is 0 Å². The molecular weight excluding hydrogens is 262 g/mol. The van der Waals surface area contributed by atoms with Gasteiger partial charge in [0.15, 0.2) is 0 Å². The summed E-state index contributed by atoms with van der Waals surface area (Å²) in [5.74, 6) is 1.25. The summed E-state index contributed by atoms with van der Waals surface area (Å²) in [4.78, 5) is 0. The number of hydrogen-bond donors (Lipinski definition) is 2. The van der Waals surface area contributed by atoms with Crippen molar-refractivity contribution < 1.29 is 9.84 Å². The minimum Gasteiger partial charge on any atom is -0.507 e. The first kappa shape index (κ1) is 15.2. The topological polar surface area (TPSA) is 41.5 Å². The summed E-state index contributed by atoms with van der Waals surface area (Å²) in [5, 5.41) is 13.3. The molecule has 2 rings (SSSR count). The maximum atomic E-state index is 9.95. The Balaban J connectivity index is 2.02. The summed E-state index contributed by atoms with van der Waals surface area (Å²) in [5.41, 5.74) is 3.91. The summed E-state index contributed by atoms with van der Waals surface area (Å²) in [7, 11) is 0. The third kappa shape index (κ3) is 3.91. The minimum atomic E-state index is 0.187. The van der Waals surface area contributed by atoms with Crippen molar-refractivity contribution in [1.29, 1.82) is 0 Å². The second-order valence-electron chi connectivity index (χ2n) is 5.57. The summed E-state index contributed by atoms with van der Waals surface area (Å²) in [6.45, 7) is 8.57. The van der Waals surface area contributed by atoms with Gasteiger partial charge in [-0.3, -0.25) is 0 Å². The van der Waals surface area contributed by atoms with Crippen LogP contribution in [0.25, 0.3) is 0 Å². The Morgan fingerprint density at radius 1 is 1.05 bits per heavy atom. The molecule has 0 fully saturated rings. The molecule has 0 aliphatic heterocycles. The Bertz CT molecular complexity index is 603. The van der Waals surface area contributed by atoms with Gasteiger partial charge >= 0.3 is 0 Å². The van der Waals surface area contributed by atoms with Crippen molar-refractivity contribution in [1.82, 2.24) is 0 Å². The molecule has 0 aliphatic carbocycles. The van der Waals surface area contributed by atoms with E-state index in [1.807, 2.05) is 64.1 Å². The van der Waals surface area contributed by atoms with Crippen LogP contribution < -0.4 is 10.1 Å². The summed E-state index contributed by atoms with van der Waals surface area (Å²) in [6.07, 6.45) is 0.187. The zero-order valence-corrected chi connectivity index (χ0v) is 13.1. The van der Waals surface area contributed by atoms with E-state index >= 15 is 0 Å². The third-order valence-electron chi connectivity index (χ3n) is 3.41. The molecule has 0 unspecified atom stereocenters. The van der Waals surface area contributed by atoms with Gasteiger partial charge in [0.25, 0.3) is 0 Å². The van der Waals surface area contributed by atoms with Crippen molar-refractivity contribution in [2.24, 2.45) is 0 Å². The first-order valence-electron chi connectivity index (χ1n) is 7.26. The molecule has 2 N–H and O–H groups in total. The predicted molar refractivity (Wildman–Crippen MR) is 87.1 cm³/mol. The lowest BCUT2D eigenvalue weighted by atomic mass is 10.1. The van der Waals surface area contributed by atoms with E-state index in [1.54, 1.807) is 0 Å². The fourth-order valence-corrected chi connectivity index (χ4v) is 2.18. The number of aromatic hydroxyl groups is 1. The van der Waals surface area contributed by atoms with E-state index in [0.29, 0.717) is 12.3 Å². The van der Waals surface area contributed by atoms with Crippen molar-refractivity contribution in [2.75, 3.05) is 5.32 Å². The quantitative estimate of drug-likeness (QED) is 0.855. The molecule has 0 bridgehead atoms. The van der Waals surface area contributed by atoms with Crippen LogP contribution in [-0.4, -0.2) is 11.2 Å².